The molecule has 3 rings (SSSR count). The number of rotatable bonds is 4. The van der Waals surface area contributed by atoms with Crippen molar-refractivity contribution in [1.29, 1.82) is 0 Å². The molecule has 1 aromatic heterocycles. The quantitative estimate of drug-likeness (QED) is 0.646. The van der Waals surface area contributed by atoms with Gasteiger partial charge in [-0.05, 0) is 59.0 Å². The number of halogens is 1. The average molecular weight is 378 g/mol. The maximum Gasteiger partial charge on any atom is 0.254 e. The van der Waals surface area contributed by atoms with E-state index < -0.39 is 0 Å². The van der Waals surface area contributed by atoms with E-state index in [-0.39, 0.29) is 6.61 Å². The second kappa shape index (κ2) is 6.04. The molecule has 5 heteroatoms. The normalized spacial score (nSPS) is 10.4. The highest BCUT2D eigenvalue weighted by molar-refractivity contribution is 14.1. The lowest BCUT2D eigenvalue weighted by molar-refractivity contribution is 0.264. The summed E-state index contributed by atoms with van der Waals surface area (Å²) in [5.74, 6) is 1.75. The molecular formula is C15H11IN2O2. The van der Waals surface area contributed by atoms with E-state index in [1.807, 2.05) is 54.6 Å². The molecule has 0 aliphatic heterocycles. The van der Waals surface area contributed by atoms with Crippen LogP contribution in [0.25, 0.3) is 11.5 Å². The van der Waals surface area contributed by atoms with E-state index in [4.69, 9.17) is 9.15 Å². The number of ether oxygens (including phenoxy) is 1. The summed E-state index contributed by atoms with van der Waals surface area (Å²) in [6.07, 6.45) is 0. The van der Waals surface area contributed by atoms with Crippen LogP contribution in [0.3, 0.4) is 0 Å². The van der Waals surface area contributed by atoms with Crippen LogP contribution >= 0.6 is 22.6 Å². The summed E-state index contributed by atoms with van der Waals surface area (Å²) in [6.45, 7) is 0.264. The van der Waals surface area contributed by atoms with Crippen LogP contribution in [0.5, 0.6) is 5.75 Å². The van der Waals surface area contributed by atoms with E-state index in [0.717, 1.165) is 11.3 Å². The van der Waals surface area contributed by atoms with Gasteiger partial charge in [-0.15, -0.1) is 10.2 Å². The van der Waals surface area contributed by atoms with Gasteiger partial charge in [0.05, 0.1) is 0 Å². The maximum absolute atomic E-state index is 5.60. The van der Waals surface area contributed by atoms with Crippen molar-refractivity contribution in [1.82, 2.24) is 10.2 Å². The molecule has 0 radical (unpaired) electrons. The first kappa shape index (κ1) is 13.1. The number of hydrogen-bond donors (Lipinski definition) is 0. The van der Waals surface area contributed by atoms with Gasteiger partial charge in [-0.2, -0.15) is 0 Å². The molecule has 1 heterocycles. The van der Waals surface area contributed by atoms with Crippen LogP contribution in [-0.4, -0.2) is 10.2 Å². The second-order valence-electron chi connectivity index (χ2n) is 4.11. The zero-order chi connectivity index (χ0) is 13.8. The van der Waals surface area contributed by atoms with Gasteiger partial charge in [0.15, 0.2) is 6.61 Å². The molecule has 0 aliphatic carbocycles. The molecule has 20 heavy (non-hydrogen) atoms. The number of nitrogens with zero attached hydrogens (tertiary/aromatic N) is 2. The first-order chi connectivity index (χ1) is 9.81. The molecule has 0 unspecified atom stereocenters. The van der Waals surface area contributed by atoms with Gasteiger partial charge in [0.25, 0.3) is 5.89 Å². The van der Waals surface area contributed by atoms with Gasteiger partial charge in [0.2, 0.25) is 5.89 Å². The molecule has 0 N–H and O–H groups in total. The van der Waals surface area contributed by atoms with Crippen molar-refractivity contribution in [2.75, 3.05) is 0 Å². The largest absolute Gasteiger partial charge is 0.484 e. The van der Waals surface area contributed by atoms with E-state index in [9.17, 15) is 0 Å². The molecule has 4 nitrogen and oxygen atoms in total. The van der Waals surface area contributed by atoms with Gasteiger partial charge < -0.3 is 9.15 Å². The second-order valence-corrected chi connectivity index (χ2v) is 5.36. The predicted molar refractivity (Wildman–Crippen MR) is 83.2 cm³/mol. The summed E-state index contributed by atoms with van der Waals surface area (Å²) in [6, 6.07) is 17.5. The molecule has 3 aromatic rings. The third-order valence-corrected chi connectivity index (χ3v) is 3.38. The fraction of sp³-hybridized carbons (Fsp3) is 0.0667. The van der Waals surface area contributed by atoms with Crippen LogP contribution in [0.1, 0.15) is 5.89 Å². The van der Waals surface area contributed by atoms with Crippen molar-refractivity contribution >= 4 is 22.6 Å². The van der Waals surface area contributed by atoms with Crippen LogP contribution in [0.15, 0.2) is 59.0 Å². The van der Waals surface area contributed by atoms with E-state index in [2.05, 4.69) is 32.8 Å². The van der Waals surface area contributed by atoms with E-state index in [0.29, 0.717) is 11.8 Å². The summed E-state index contributed by atoms with van der Waals surface area (Å²) in [5.41, 5.74) is 0.903. The molecule has 0 spiro atoms. The van der Waals surface area contributed by atoms with Crippen molar-refractivity contribution in [2.45, 2.75) is 6.61 Å². The summed E-state index contributed by atoms with van der Waals surface area (Å²) >= 11 is 2.25. The van der Waals surface area contributed by atoms with Gasteiger partial charge in [0.1, 0.15) is 5.75 Å². The molecule has 100 valence electrons. The molecule has 0 atom stereocenters. The lowest BCUT2D eigenvalue weighted by atomic mass is 10.2. The minimum atomic E-state index is 0.264. The Balaban J connectivity index is 1.67. The highest BCUT2D eigenvalue weighted by atomic mass is 127. The Morgan fingerprint density at radius 1 is 0.950 bits per heavy atom. The van der Waals surface area contributed by atoms with Crippen molar-refractivity contribution in [2.24, 2.45) is 0 Å². The Hall–Kier alpha value is -1.89. The third-order valence-electron chi connectivity index (χ3n) is 2.66. The van der Waals surface area contributed by atoms with Crippen molar-refractivity contribution in [3.63, 3.8) is 0 Å². The molecule has 2 aromatic carbocycles. The molecule has 0 amide bonds. The van der Waals surface area contributed by atoms with Gasteiger partial charge in [-0.3, -0.25) is 0 Å². The smallest absolute Gasteiger partial charge is 0.254 e. The summed E-state index contributed by atoms with van der Waals surface area (Å²) < 4.78 is 12.3. The highest BCUT2D eigenvalue weighted by Crippen LogP contribution is 2.18. The standard InChI is InChI=1S/C15H11IN2O2/c16-12-6-8-13(9-7-12)19-10-14-17-18-15(20-14)11-4-2-1-3-5-11/h1-9H,10H2. The Morgan fingerprint density at radius 3 is 2.45 bits per heavy atom. The van der Waals surface area contributed by atoms with Crippen LogP contribution < -0.4 is 4.74 Å². The molecular weight excluding hydrogens is 367 g/mol. The lowest BCUT2D eigenvalue weighted by Crippen LogP contribution is -1.95. The summed E-state index contributed by atoms with van der Waals surface area (Å²) in [4.78, 5) is 0. The first-order valence-electron chi connectivity index (χ1n) is 6.07. The molecule has 0 fully saturated rings. The van der Waals surface area contributed by atoms with E-state index in [1.165, 1.54) is 3.57 Å². The SMILES string of the molecule is Ic1ccc(OCc2nnc(-c3ccccc3)o2)cc1. The van der Waals surface area contributed by atoms with E-state index >= 15 is 0 Å². The molecule has 0 aliphatic rings. The van der Waals surface area contributed by atoms with Crippen LogP contribution in [-0.2, 0) is 6.61 Å². The lowest BCUT2D eigenvalue weighted by Gasteiger charge is -2.02. The van der Waals surface area contributed by atoms with Crippen molar-refractivity contribution in [3.8, 4) is 17.2 Å². The summed E-state index contributed by atoms with van der Waals surface area (Å²) in [5, 5.41) is 8.00. The summed E-state index contributed by atoms with van der Waals surface area (Å²) in [7, 11) is 0. The first-order valence-corrected chi connectivity index (χ1v) is 7.15. The average Bonchev–Trinajstić information content (AvgIpc) is 2.97. The molecule has 0 saturated heterocycles. The minimum absolute atomic E-state index is 0.264. The van der Waals surface area contributed by atoms with Gasteiger partial charge >= 0.3 is 0 Å². The third kappa shape index (κ3) is 3.16. The zero-order valence-electron chi connectivity index (χ0n) is 10.5. The number of benzene rings is 2. The Kier molecular flexibility index (Phi) is 3.96. The number of aromatic nitrogens is 2. The molecule has 0 saturated carbocycles. The Labute approximate surface area is 129 Å². The maximum atomic E-state index is 5.60. The van der Waals surface area contributed by atoms with Gasteiger partial charge in [-0.25, -0.2) is 0 Å². The monoisotopic (exact) mass is 378 g/mol. The van der Waals surface area contributed by atoms with Crippen molar-refractivity contribution in [3.05, 3.63) is 64.1 Å². The predicted octanol–water partition coefficient (Wildman–Crippen LogP) is 3.92. The van der Waals surface area contributed by atoms with Crippen LogP contribution in [0.4, 0.5) is 0 Å². The minimum Gasteiger partial charge on any atom is -0.484 e. The van der Waals surface area contributed by atoms with Gasteiger partial charge in [-0.1, -0.05) is 18.2 Å². The zero-order valence-corrected chi connectivity index (χ0v) is 12.6. The van der Waals surface area contributed by atoms with Crippen LogP contribution in [0, 0.1) is 3.57 Å². The van der Waals surface area contributed by atoms with Crippen molar-refractivity contribution < 1.29 is 9.15 Å². The topological polar surface area (TPSA) is 48.2 Å². The van der Waals surface area contributed by atoms with E-state index in [1.54, 1.807) is 0 Å². The van der Waals surface area contributed by atoms with Gasteiger partial charge in [0, 0.05) is 9.13 Å². The fourth-order valence-electron chi connectivity index (χ4n) is 1.69. The number of hydrogen-bond acceptors (Lipinski definition) is 4. The molecule has 0 bridgehead atoms. The fourth-order valence-corrected chi connectivity index (χ4v) is 2.04. The Morgan fingerprint density at radius 2 is 1.70 bits per heavy atom. The Bertz CT molecular complexity index is 681. The highest BCUT2D eigenvalue weighted by Gasteiger charge is 2.08. The van der Waals surface area contributed by atoms with Crippen LogP contribution in [0.2, 0.25) is 0 Å².